The summed E-state index contributed by atoms with van der Waals surface area (Å²) in [6, 6.07) is 0. The highest BCUT2D eigenvalue weighted by atomic mass is 32.2. The fraction of sp³-hybridized carbons (Fsp3) is 0.667. The van der Waals surface area contributed by atoms with Crippen molar-refractivity contribution in [1.29, 1.82) is 0 Å². The quantitative estimate of drug-likeness (QED) is 0.604. The molecule has 0 aromatic rings. The van der Waals surface area contributed by atoms with Gasteiger partial charge in [-0.05, 0) is 0 Å². The molecule has 1 rings (SSSR count). The summed E-state index contributed by atoms with van der Waals surface area (Å²) in [4.78, 5) is 21.2. The summed E-state index contributed by atoms with van der Waals surface area (Å²) >= 11 is 1.41. The number of amides is 1. The van der Waals surface area contributed by atoms with Crippen LogP contribution in [0.4, 0.5) is 0 Å². The summed E-state index contributed by atoms with van der Waals surface area (Å²) in [5.41, 5.74) is 0. The van der Waals surface area contributed by atoms with E-state index in [1.807, 2.05) is 0 Å². The predicted octanol–water partition coefficient (Wildman–Crippen LogP) is -0.307. The van der Waals surface area contributed by atoms with Crippen LogP contribution in [0.5, 0.6) is 0 Å². The monoisotopic (exact) mass is 175 g/mol. The zero-order chi connectivity index (χ0) is 8.27. The Labute approximate surface area is 68.3 Å². The molecule has 11 heavy (non-hydrogen) atoms. The van der Waals surface area contributed by atoms with Crippen molar-refractivity contribution >= 4 is 23.6 Å². The maximum absolute atomic E-state index is 10.9. The van der Waals surface area contributed by atoms with Crippen molar-refractivity contribution in [2.24, 2.45) is 0 Å². The number of carbonyl (C=O) groups is 2. The molecule has 62 valence electrons. The lowest BCUT2D eigenvalue weighted by atomic mass is 10.3. The van der Waals surface area contributed by atoms with E-state index in [1.165, 1.54) is 11.8 Å². The lowest BCUT2D eigenvalue weighted by Gasteiger charge is -2.19. The van der Waals surface area contributed by atoms with Gasteiger partial charge in [0.05, 0.1) is 11.7 Å². The molecule has 2 N–H and O–H groups in total. The first kappa shape index (κ1) is 8.39. The van der Waals surface area contributed by atoms with Gasteiger partial charge in [-0.2, -0.15) is 0 Å². The van der Waals surface area contributed by atoms with Gasteiger partial charge in [0.1, 0.15) is 0 Å². The number of thioether (sulfide) groups is 1. The SMILES string of the molecule is O=C(O)C[C@@H]1SCCNC1=O. The molecule has 1 atom stereocenters. The van der Waals surface area contributed by atoms with E-state index >= 15 is 0 Å². The van der Waals surface area contributed by atoms with Crippen LogP contribution in [0.1, 0.15) is 6.42 Å². The summed E-state index contributed by atoms with van der Waals surface area (Å²) in [7, 11) is 0. The molecule has 5 heteroatoms. The lowest BCUT2D eigenvalue weighted by Crippen LogP contribution is -2.40. The number of hydrogen-bond donors (Lipinski definition) is 2. The normalized spacial score (nSPS) is 24.4. The topological polar surface area (TPSA) is 66.4 Å². The zero-order valence-corrected chi connectivity index (χ0v) is 6.69. The first-order chi connectivity index (χ1) is 5.20. The second-order valence-corrected chi connectivity index (χ2v) is 3.56. The molecule has 0 radical (unpaired) electrons. The molecular weight excluding hydrogens is 166 g/mol. The third kappa shape index (κ3) is 2.42. The van der Waals surface area contributed by atoms with Crippen LogP contribution in [-0.2, 0) is 9.59 Å². The number of hydrogen-bond acceptors (Lipinski definition) is 3. The van der Waals surface area contributed by atoms with Crippen LogP contribution >= 0.6 is 11.8 Å². The molecule has 0 unspecified atom stereocenters. The Morgan fingerprint density at radius 3 is 3.09 bits per heavy atom. The minimum atomic E-state index is -0.917. The molecule has 1 fully saturated rings. The second-order valence-electron chi connectivity index (χ2n) is 2.25. The first-order valence-corrected chi connectivity index (χ1v) is 4.36. The van der Waals surface area contributed by atoms with Crippen molar-refractivity contribution < 1.29 is 14.7 Å². The van der Waals surface area contributed by atoms with Gasteiger partial charge in [0.25, 0.3) is 0 Å². The Morgan fingerprint density at radius 1 is 1.82 bits per heavy atom. The van der Waals surface area contributed by atoms with E-state index in [2.05, 4.69) is 5.32 Å². The maximum Gasteiger partial charge on any atom is 0.305 e. The van der Waals surface area contributed by atoms with Crippen LogP contribution < -0.4 is 5.32 Å². The molecule has 1 aliphatic rings. The fourth-order valence-corrected chi connectivity index (χ4v) is 1.87. The van der Waals surface area contributed by atoms with Gasteiger partial charge in [-0.25, -0.2) is 0 Å². The predicted molar refractivity (Wildman–Crippen MR) is 41.5 cm³/mol. The maximum atomic E-state index is 10.9. The van der Waals surface area contributed by atoms with E-state index in [4.69, 9.17) is 5.11 Å². The van der Waals surface area contributed by atoms with E-state index in [-0.39, 0.29) is 17.6 Å². The Bertz CT molecular complexity index is 183. The van der Waals surface area contributed by atoms with E-state index < -0.39 is 5.97 Å². The van der Waals surface area contributed by atoms with Gasteiger partial charge in [0, 0.05) is 12.3 Å². The number of carbonyl (C=O) groups excluding carboxylic acids is 1. The number of carboxylic acids is 1. The molecule has 1 saturated heterocycles. The Kier molecular flexibility index (Phi) is 2.76. The molecule has 4 nitrogen and oxygen atoms in total. The van der Waals surface area contributed by atoms with Gasteiger partial charge in [0.15, 0.2) is 0 Å². The van der Waals surface area contributed by atoms with Crippen LogP contribution in [0.25, 0.3) is 0 Å². The molecule has 0 aromatic heterocycles. The molecular formula is C6H9NO3S. The molecule has 0 spiro atoms. The first-order valence-electron chi connectivity index (χ1n) is 3.31. The number of aliphatic carboxylic acids is 1. The summed E-state index contributed by atoms with van der Waals surface area (Å²) in [6.45, 7) is 0.652. The minimum absolute atomic E-state index is 0.0729. The molecule has 1 aliphatic heterocycles. The molecule has 1 amide bonds. The fourth-order valence-electron chi connectivity index (χ4n) is 0.875. The van der Waals surface area contributed by atoms with Gasteiger partial charge in [-0.3, -0.25) is 9.59 Å². The lowest BCUT2D eigenvalue weighted by molar-refractivity contribution is -0.138. The van der Waals surface area contributed by atoms with Crippen molar-refractivity contribution in [3.05, 3.63) is 0 Å². The summed E-state index contributed by atoms with van der Waals surface area (Å²) in [5, 5.41) is 10.6. The van der Waals surface area contributed by atoms with Crippen molar-refractivity contribution in [1.82, 2.24) is 5.32 Å². The third-order valence-corrected chi connectivity index (χ3v) is 2.60. The zero-order valence-electron chi connectivity index (χ0n) is 5.87. The van der Waals surface area contributed by atoms with Crippen LogP contribution in [-0.4, -0.2) is 34.5 Å². The second kappa shape index (κ2) is 3.61. The minimum Gasteiger partial charge on any atom is -0.481 e. The Morgan fingerprint density at radius 2 is 2.55 bits per heavy atom. The van der Waals surface area contributed by atoms with E-state index in [0.717, 1.165) is 5.75 Å². The van der Waals surface area contributed by atoms with Crippen LogP contribution in [0.2, 0.25) is 0 Å². The molecule has 0 bridgehead atoms. The van der Waals surface area contributed by atoms with Crippen LogP contribution in [0.15, 0.2) is 0 Å². The third-order valence-electron chi connectivity index (χ3n) is 1.37. The van der Waals surface area contributed by atoms with Crippen LogP contribution in [0.3, 0.4) is 0 Å². The summed E-state index contributed by atoms with van der Waals surface area (Å²) < 4.78 is 0. The van der Waals surface area contributed by atoms with E-state index in [9.17, 15) is 9.59 Å². The van der Waals surface area contributed by atoms with E-state index in [0.29, 0.717) is 6.54 Å². The van der Waals surface area contributed by atoms with Gasteiger partial charge >= 0.3 is 5.97 Å². The van der Waals surface area contributed by atoms with Gasteiger partial charge < -0.3 is 10.4 Å². The molecule has 1 heterocycles. The highest BCUT2D eigenvalue weighted by molar-refractivity contribution is 8.00. The Hall–Kier alpha value is -0.710. The summed E-state index contributed by atoms with van der Waals surface area (Å²) in [5.74, 6) is -0.257. The number of carboxylic acid groups (broad SMARTS) is 1. The smallest absolute Gasteiger partial charge is 0.305 e. The van der Waals surface area contributed by atoms with E-state index in [1.54, 1.807) is 0 Å². The molecule has 0 saturated carbocycles. The van der Waals surface area contributed by atoms with Crippen molar-refractivity contribution in [3.8, 4) is 0 Å². The van der Waals surface area contributed by atoms with Crippen LogP contribution in [0, 0.1) is 0 Å². The standard InChI is InChI=1S/C6H9NO3S/c8-5(9)3-4-6(10)7-1-2-11-4/h4H,1-3H2,(H,7,10)(H,8,9)/t4-/m0/s1. The van der Waals surface area contributed by atoms with Crippen molar-refractivity contribution in [3.63, 3.8) is 0 Å². The highest BCUT2D eigenvalue weighted by Gasteiger charge is 2.24. The van der Waals surface area contributed by atoms with Gasteiger partial charge in [-0.15, -0.1) is 11.8 Å². The Balaban J connectivity index is 2.42. The van der Waals surface area contributed by atoms with Crippen molar-refractivity contribution in [2.45, 2.75) is 11.7 Å². The molecule has 0 aromatic carbocycles. The van der Waals surface area contributed by atoms with Gasteiger partial charge in [-0.1, -0.05) is 0 Å². The van der Waals surface area contributed by atoms with Crippen molar-refractivity contribution in [2.75, 3.05) is 12.3 Å². The molecule has 0 aliphatic carbocycles. The summed E-state index contributed by atoms with van der Waals surface area (Å²) in [6.07, 6.45) is -0.0729. The number of nitrogens with one attached hydrogen (secondary N) is 1. The van der Waals surface area contributed by atoms with Gasteiger partial charge in [0.2, 0.25) is 5.91 Å². The average molecular weight is 175 g/mol. The largest absolute Gasteiger partial charge is 0.481 e. The average Bonchev–Trinajstić information content (AvgIpc) is 1.93. The highest BCUT2D eigenvalue weighted by Crippen LogP contribution is 2.17. The number of rotatable bonds is 2.